The van der Waals surface area contributed by atoms with Crippen LogP contribution in [0.4, 0.5) is 14.5 Å². The summed E-state index contributed by atoms with van der Waals surface area (Å²) in [5.41, 5.74) is 2.02. The van der Waals surface area contributed by atoms with E-state index in [0.717, 1.165) is 27.6 Å². The summed E-state index contributed by atoms with van der Waals surface area (Å²) in [6.07, 6.45) is 1.39. The average Bonchev–Trinajstić information content (AvgIpc) is 3.55. The van der Waals surface area contributed by atoms with Crippen LogP contribution in [0.3, 0.4) is 0 Å². The molecule has 1 aliphatic heterocycles. The van der Waals surface area contributed by atoms with Crippen LogP contribution in [0.25, 0.3) is 11.3 Å². The normalized spacial score (nSPS) is 14.1. The fraction of sp³-hybridized carbons (Fsp3) is 0.259. The van der Waals surface area contributed by atoms with Gasteiger partial charge in [0.25, 0.3) is 11.8 Å². The molecule has 10 heteroatoms. The number of aromatic nitrogens is 2. The Morgan fingerprint density at radius 2 is 1.84 bits per heavy atom. The van der Waals surface area contributed by atoms with Gasteiger partial charge in [0.05, 0.1) is 10.7 Å². The number of aryl methyl sites for hydroxylation is 1. The van der Waals surface area contributed by atoms with Crippen LogP contribution in [-0.2, 0) is 0 Å². The molecular formula is C27H24F2N4O3S. The molecule has 3 heterocycles. The molecule has 190 valence electrons. The maximum absolute atomic E-state index is 14.1. The molecule has 37 heavy (non-hydrogen) atoms. The third kappa shape index (κ3) is 4.89. The van der Waals surface area contributed by atoms with Gasteiger partial charge in [-0.25, -0.2) is 13.8 Å². The van der Waals surface area contributed by atoms with E-state index >= 15 is 0 Å². The summed E-state index contributed by atoms with van der Waals surface area (Å²) in [6.45, 7) is 2.81. The van der Waals surface area contributed by atoms with E-state index in [4.69, 9.17) is 4.52 Å². The molecule has 0 spiro atoms. The molecule has 0 N–H and O–H groups in total. The Morgan fingerprint density at radius 3 is 2.54 bits per heavy atom. The zero-order chi connectivity index (χ0) is 26.1. The molecule has 0 bridgehead atoms. The number of amides is 2. The highest BCUT2D eigenvalue weighted by molar-refractivity contribution is 7.10. The van der Waals surface area contributed by atoms with Gasteiger partial charge in [-0.3, -0.25) is 9.59 Å². The number of benzene rings is 2. The number of carbonyl (C=O) groups is 2. The molecule has 7 nitrogen and oxygen atoms in total. The smallest absolute Gasteiger partial charge is 0.277 e. The summed E-state index contributed by atoms with van der Waals surface area (Å²) in [4.78, 5) is 33.7. The number of thiazole rings is 1. The first-order valence-corrected chi connectivity index (χ1v) is 12.7. The first-order valence-electron chi connectivity index (χ1n) is 11.8. The number of likely N-dealkylation sites (tertiary alicyclic amines) is 1. The minimum atomic E-state index is -0.818. The Labute approximate surface area is 216 Å². The van der Waals surface area contributed by atoms with Crippen LogP contribution in [0, 0.1) is 18.6 Å². The van der Waals surface area contributed by atoms with E-state index in [9.17, 15) is 18.4 Å². The molecule has 0 unspecified atom stereocenters. The largest absolute Gasteiger partial charge is 0.360 e. The SMILES string of the molecule is Cc1onc(-c2ccccc2)c1C(=O)N1CCC(c2nc(C(=O)N(C)c3ccc(F)cc3F)cs2)CC1. The topological polar surface area (TPSA) is 79.5 Å². The van der Waals surface area contributed by atoms with Crippen molar-refractivity contribution in [2.75, 3.05) is 25.0 Å². The lowest BCUT2D eigenvalue weighted by molar-refractivity contribution is 0.0711. The summed E-state index contributed by atoms with van der Waals surface area (Å²) in [5, 5.41) is 6.57. The Balaban J connectivity index is 1.25. The summed E-state index contributed by atoms with van der Waals surface area (Å²) in [5.74, 6) is -1.54. The molecular weight excluding hydrogens is 498 g/mol. The lowest BCUT2D eigenvalue weighted by Crippen LogP contribution is -2.38. The standard InChI is InChI=1S/C27H24F2N4O3S/c1-16-23(24(31-36-16)17-6-4-3-5-7-17)27(35)33-12-10-18(11-13-33)25-30-21(15-37-25)26(34)32(2)22-9-8-19(28)14-20(22)29/h3-9,14-15,18H,10-13H2,1-2H3. The molecule has 4 aromatic rings. The monoisotopic (exact) mass is 522 g/mol. The van der Waals surface area contributed by atoms with Crippen LogP contribution in [0.2, 0.25) is 0 Å². The number of rotatable bonds is 5. The average molecular weight is 523 g/mol. The quantitative estimate of drug-likeness (QED) is 0.337. The fourth-order valence-electron chi connectivity index (χ4n) is 4.51. The highest BCUT2D eigenvalue weighted by atomic mass is 32.1. The van der Waals surface area contributed by atoms with Crippen molar-refractivity contribution in [1.82, 2.24) is 15.0 Å². The molecule has 2 aromatic carbocycles. The highest BCUT2D eigenvalue weighted by Gasteiger charge is 2.31. The predicted molar refractivity (Wildman–Crippen MR) is 136 cm³/mol. The van der Waals surface area contributed by atoms with Crippen molar-refractivity contribution in [1.29, 1.82) is 0 Å². The molecule has 0 radical (unpaired) electrons. The lowest BCUT2D eigenvalue weighted by Gasteiger charge is -2.31. The number of piperidine rings is 1. The maximum atomic E-state index is 14.1. The second-order valence-corrected chi connectivity index (χ2v) is 9.82. The Morgan fingerprint density at radius 1 is 1.11 bits per heavy atom. The van der Waals surface area contributed by atoms with Crippen molar-refractivity contribution in [3.05, 3.63) is 87.6 Å². The lowest BCUT2D eigenvalue weighted by atomic mass is 9.96. The van der Waals surface area contributed by atoms with Crippen molar-refractivity contribution in [3.8, 4) is 11.3 Å². The fourth-order valence-corrected chi connectivity index (χ4v) is 5.48. The Hall–Kier alpha value is -3.92. The Kier molecular flexibility index (Phi) is 6.84. The molecule has 5 rings (SSSR count). The van der Waals surface area contributed by atoms with Gasteiger partial charge in [0.15, 0.2) is 0 Å². The molecule has 1 saturated heterocycles. The molecule has 1 fully saturated rings. The van der Waals surface area contributed by atoms with E-state index in [-0.39, 0.29) is 23.2 Å². The summed E-state index contributed by atoms with van der Waals surface area (Å²) in [6, 6.07) is 12.5. The van der Waals surface area contributed by atoms with Crippen molar-refractivity contribution in [2.24, 2.45) is 0 Å². The maximum Gasteiger partial charge on any atom is 0.277 e. The molecule has 2 amide bonds. The first-order chi connectivity index (χ1) is 17.8. The van der Waals surface area contributed by atoms with Crippen LogP contribution in [-0.4, -0.2) is 47.0 Å². The van der Waals surface area contributed by atoms with E-state index in [0.29, 0.717) is 42.9 Å². The van der Waals surface area contributed by atoms with Gasteiger partial charge in [-0.2, -0.15) is 0 Å². The van der Waals surface area contributed by atoms with Gasteiger partial charge in [-0.1, -0.05) is 35.5 Å². The molecule has 1 aliphatic rings. The van der Waals surface area contributed by atoms with E-state index in [1.54, 1.807) is 17.2 Å². The Bertz CT molecular complexity index is 1450. The van der Waals surface area contributed by atoms with Gasteiger partial charge in [-0.05, 0) is 31.9 Å². The highest BCUT2D eigenvalue weighted by Crippen LogP contribution is 2.33. The number of nitrogens with zero attached hydrogens (tertiary/aromatic N) is 4. The minimum Gasteiger partial charge on any atom is -0.360 e. The number of halogens is 2. The van der Waals surface area contributed by atoms with Gasteiger partial charge in [0.1, 0.15) is 34.3 Å². The van der Waals surface area contributed by atoms with E-state index in [1.807, 2.05) is 30.3 Å². The van der Waals surface area contributed by atoms with Crippen LogP contribution in [0.1, 0.15) is 50.4 Å². The van der Waals surface area contributed by atoms with E-state index in [2.05, 4.69) is 10.1 Å². The minimum absolute atomic E-state index is 0.0216. The van der Waals surface area contributed by atoms with Crippen molar-refractivity contribution in [2.45, 2.75) is 25.7 Å². The number of carbonyl (C=O) groups excluding carboxylic acids is 2. The zero-order valence-corrected chi connectivity index (χ0v) is 21.1. The van der Waals surface area contributed by atoms with Crippen LogP contribution >= 0.6 is 11.3 Å². The van der Waals surface area contributed by atoms with Crippen molar-refractivity contribution >= 4 is 28.8 Å². The third-order valence-corrected chi connectivity index (χ3v) is 7.58. The second-order valence-electron chi connectivity index (χ2n) is 8.93. The molecule has 2 aromatic heterocycles. The number of hydrogen-bond donors (Lipinski definition) is 0. The van der Waals surface area contributed by atoms with Gasteiger partial charge in [-0.15, -0.1) is 11.3 Å². The number of hydrogen-bond acceptors (Lipinski definition) is 6. The summed E-state index contributed by atoms with van der Waals surface area (Å²) in [7, 11) is 1.43. The van der Waals surface area contributed by atoms with Crippen LogP contribution in [0.5, 0.6) is 0 Å². The van der Waals surface area contributed by atoms with Crippen molar-refractivity contribution in [3.63, 3.8) is 0 Å². The second kappa shape index (κ2) is 10.2. The van der Waals surface area contributed by atoms with E-state index < -0.39 is 17.5 Å². The molecule has 0 saturated carbocycles. The van der Waals surface area contributed by atoms with Gasteiger partial charge < -0.3 is 14.3 Å². The van der Waals surface area contributed by atoms with E-state index in [1.165, 1.54) is 24.5 Å². The van der Waals surface area contributed by atoms with Crippen LogP contribution < -0.4 is 4.90 Å². The van der Waals surface area contributed by atoms with Gasteiger partial charge >= 0.3 is 0 Å². The van der Waals surface area contributed by atoms with Gasteiger partial charge in [0.2, 0.25) is 0 Å². The predicted octanol–water partition coefficient (Wildman–Crippen LogP) is 5.68. The van der Waals surface area contributed by atoms with Gasteiger partial charge in [0, 0.05) is 43.1 Å². The first kappa shape index (κ1) is 24.8. The molecule has 0 atom stereocenters. The van der Waals surface area contributed by atoms with Crippen molar-refractivity contribution < 1.29 is 22.9 Å². The summed E-state index contributed by atoms with van der Waals surface area (Å²) >= 11 is 1.37. The zero-order valence-electron chi connectivity index (χ0n) is 20.3. The van der Waals surface area contributed by atoms with Crippen LogP contribution in [0.15, 0.2) is 58.4 Å². The summed E-state index contributed by atoms with van der Waals surface area (Å²) < 4.78 is 32.7. The number of anilines is 1. The molecule has 0 aliphatic carbocycles. The third-order valence-electron chi connectivity index (χ3n) is 6.57.